The van der Waals surface area contributed by atoms with Crippen LogP contribution in [0.15, 0.2) is 51.5 Å². The first-order valence-electron chi connectivity index (χ1n) is 13.0. The van der Waals surface area contributed by atoms with Gasteiger partial charge in [0, 0.05) is 29.5 Å². The van der Waals surface area contributed by atoms with Crippen molar-refractivity contribution in [2.75, 3.05) is 0 Å². The van der Waals surface area contributed by atoms with Gasteiger partial charge in [-0.15, -0.1) is 12.6 Å². The van der Waals surface area contributed by atoms with E-state index in [0.717, 1.165) is 6.08 Å². The highest BCUT2D eigenvalue weighted by molar-refractivity contribution is 7.83. The van der Waals surface area contributed by atoms with E-state index >= 15 is 0 Å². The Kier molecular flexibility index (Phi) is 13.8. The van der Waals surface area contributed by atoms with Crippen molar-refractivity contribution < 1.29 is 32.6 Å². The van der Waals surface area contributed by atoms with Crippen molar-refractivity contribution in [2.45, 2.75) is 98.5 Å². The van der Waals surface area contributed by atoms with Crippen molar-refractivity contribution in [3.8, 4) is 0 Å². The SMILES string of the molecule is CC=NC(=C\S)/C=C(\C)C1CC/C=C(/C(F)(F)F)C/C=C/C[C@H](C)[C@H](O)[C@@H](C)C(=O)C(C)(C)CCC(=O)O1. The zero-order chi connectivity index (χ0) is 29.1. The fourth-order valence-electron chi connectivity index (χ4n) is 4.37. The number of Topliss-reactive ketones (excluding diaryl/α,β-unsaturated/α-hetero) is 1. The van der Waals surface area contributed by atoms with Gasteiger partial charge in [-0.2, -0.15) is 13.2 Å². The number of nitrogens with zero attached hydrogens (tertiary/aromatic N) is 1. The molecule has 4 atom stereocenters. The molecule has 1 aliphatic heterocycles. The lowest BCUT2D eigenvalue weighted by Crippen LogP contribution is -2.39. The standard InChI is InChI=1S/C29H42F3NO4S/c1-7-33-23(18-38)17-20(3)24-14-10-13-22(29(30,31)32)12-9-8-11-19(2)26(35)21(4)27(36)28(5,6)16-15-25(34)37-24/h7-9,13,17-19,21,24,26,35,38H,10-12,14-16H2,1-6H3/b9-8+,20-17+,22-13+,23-18-,33-7?/t19-,21+,24?,26-/m0/s1. The highest BCUT2D eigenvalue weighted by Crippen LogP contribution is 2.33. The highest BCUT2D eigenvalue weighted by atomic mass is 32.1. The Hall–Kier alpha value is -2.13. The summed E-state index contributed by atoms with van der Waals surface area (Å²) < 4.78 is 46.7. The molecule has 0 bridgehead atoms. The number of hydrogen-bond acceptors (Lipinski definition) is 6. The molecule has 38 heavy (non-hydrogen) atoms. The summed E-state index contributed by atoms with van der Waals surface area (Å²) in [6, 6.07) is 0. The second kappa shape index (κ2) is 15.5. The number of halogens is 3. The van der Waals surface area contributed by atoms with E-state index in [1.807, 2.05) is 0 Å². The van der Waals surface area contributed by atoms with Gasteiger partial charge in [0.2, 0.25) is 0 Å². The van der Waals surface area contributed by atoms with Gasteiger partial charge in [0.15, 0.2) is 0 Å². The molecule has 0 radical (unpaired) electrons. The van der Waals surface area contributed by atoms with Gasteiger partial charge in [-0.25, -0.2) is 0 Å². The summed E-state index contributed by atoms with van der Waals surface area (Å²) in [5.74, 6) is -1.75. The number of ketones is 1. The molecule has 0 saturated carbocycles. The van der Waals surface area contributed by atoms with Crippen LogP contribution in [-0.2, 0) is 14.3 Å². The predicted molar refractivity (Wildman–Crippen MR) is 149 cm³/mol. The van der Waals surface area contributed by atoms with E-state index in [1.54, 1.807) is 59.9 Å². The fraction of sp³-hybridized carbons (Fsp3) is 0.621. The summed E-state index contributed by atoms with van der Waals surface area (Å²) in [7, 11) is 0. The first kappa shape index (κ1) is 33.9. The van der Waals surface area contributed by atoms with E-state index in [4.69, 9.17) is 4.74 Å². The molecule has 0 amide bonds. The topological polar surface area (TPSA) is 76.0 Å². The molecule has 0 saturated heterocycles. The van der Waals surface area contributed by atoms with Crippen molar-refractivity contribution in [1.29, 1.82) is 0 Å². The molecule has 0 aromatic carbocycles. The monoisotopic (exact) mass is 557 g/mol. The van der Waals surface area contributed by atoms with Crippen molar-refractivity contribution >= 4 is 30.6 Å². The predicted octanol–water partition coefficient (Wildman–Crippen LogP) is 7.33. The van der Waals surface area contributed by atoms with Crippen LogP contribution in [0.25, 0.3) is 0 Å². The second-order valence-corrected chi connectivity index (χ2v) is 10.8. The Morgan fingerprint density at radius 1 is 1.24 bits per heavy atom. The van der Waals surface area contributed by atoms with Gasteiger partial charge >= 0.3 is 12.1 Å². The molecule has 1 rings (SSSR count). The van der Waals surface area contributed by atoms with Crippen LogP contribution in [0.1, 0.15) is 80.1 Å². The maximum Gasteiger partial charge on any atom is 0.412 e. The van der Waals surface area contributed by atoms with Gasteiger partial charge < -0.3 is 9.84 Å². The van der Waals surface area contributed by atoms with Crippen LogP contribution in [0.5, 0.6) is 0 Å². The lowest BCUT2D eigenvalue weighted by molar-refractivity contribution is -0.148. The average molecular weight is 558 g/mol. The van der Waals surface area contributed by atoms with Crippen LogP contribution >= 0.6 is 12.6 Å². The number of cyclic esters (lactones) is 1. The van der Waals surface area contributed by atoms with Gasteiger partial charge in [0.25, 0.3) is 0 Å². The number of aliphatic hydroxyl groups excluding tert-OH is 1. The van der Waals surface area contributed by atoms with Crippen LogP contribution < -0.4 is 0 Å². The highest BCUT2D eigenvalue weighted by Gasteiger charge is 2.37. The van der Waals surface area contributed by atoms with Crippen molar-refractivity contribution in [2.24, 2.45) is 22.2 Å². The van der Waals surface area contributed by atoms with Gasteiger partial charge in [0.05, 0.1) is 11.8 Å². The van der Waals surface area contributed by atoms with Crippen LogP contribution in [0.4, 0.5) is 13.2 Å². The van der Waals surface area contributed by atoms with Crippen LogP contribution in [0.2, 0.25) is 0 Å². The lowest BCUT2D eigenvalue weighted by atomic mass is 9.74. The first-order chi connectivity index (χ1) is 17.6. The van der Waals surface area contributed by atoms with E-state index in [2.05, 4.69) is 17.6 Å². The van der Waals surface area contributed by atoms with E-state index in [0.29, 0.717) is 17.7 Å². The molecule has 0 fully saturated rings. The van der Waals surface area contributed by atoms with Crippen LogP contribution in [-0.4, -0.2) is 41.5 Å². The molecule has 9 heteroatoms. The maximum atomic E-state index is 13.7. The zero-order valence-electron chi connectivity index (χ0n) is 23.2. The van der Waals surface area contributed by atoms with Crippen LogP contribution in [0, 0.1) is 17.3 Å². The number of aliphatic imine (C=N–C) groups is 1. The zero-order valence-corrected chi connectivity index (χ0v) is 24.1. The van der Waals surface area contributed by atoms with E-state index in [1.165, 1.54) is 11.5 Å². The third-order valence-electron chi connectivity index (χ3n) is 6.89. The summed E-state index contributed by atoms with van der Waals surface area (Å²) in [5, 5.41) is 12.2. The summed E-state index contributed by atoms with van der Waals surface area (Å²) in [6.45, 7) is 10.4. The number of allylic oxidation sites excluding steroid dienone is 5. The second-order valence-electron chi connectivity index (χ2n) is 10.5. The summed E-state index contributed by atoms with van der Waals surface area (Å²) in [4.78, 5) is 30.1. The first-order valence-corrected chi connectivity index (χ1v) is 13.5. The lowest BCUT2D eigenvalue weighted by Gasteiger charge is -2.31. The van der Waals surface area contributed by atoms with Gasteiger partial charge in [-0.1, -0.05) is 45.9 Å². The molecule has 214 valence electrons. The van der Waals surface area contributed by atoms with Gasteiger partial charge in [0.1, 0.15) is 11.9 Å². The number of ether oxygens (including phenoxy) is 1. The Bertz CT molecular complexity index is 963. The van der Waals surface area contributed by atoms with Crippen molar-refractivity contribution in [3.05, 3.63) is 46.6 Å². The van der Waals surface area contributed by atoms with Crippen molar-refractivity contribution in [3.63, 3.8) is 0 Å². The Balaban J connectivity index is 3.38. The molecule has 1 N–H and O–H groups in total. The molecule has 0 aliphatic carbocycles. The average Bonchev–Trinajstić information content (AvgIpc) is 2.84. The Morgan fingerprint density at radius 2 is 1.89 bits per heavy atom. The molecular weight excluding hydrogens is 515 g/mol. The van der Waals surface area contributed by atoms with Crippen LogP contribution in [0.3, 0.4) is 0 Å². The van der Waals surface area contributed by atoms with E-state index < -0.39 is 41.3 Å². The normalized spacial score (nSPS) is 30.2. The van der Waals surface area contributed by atoms with Gasteiger partial charge in [-0.05, 0) is 68.9 Å². The van der Waals surface area contributed by atoms with E-state index in [9.17, 15) is 27.9 Å². The molecule has 1 aliphatic rings. The number of rotatable bonds is 3. The minimum atomic E-state index is -4.50. The molecule has 0 aromatic heterocycles. The molecule has 0 spiro atoms. The molecular formula is C29H42F3NO4S. The largest absolute Gasteiger partial charge is 0.458 e. The smallest absolute Gasteiger partial charge is 0.412 e. The number of carbonyl (C=O) groups is 2. The number of carbonyl (C=O) groups excluding carboxylic acids is 2. The Morgan fingerprint density at radius 3 is 2.47 bits per heavy atom. The van der Waals surface area contributed by atoms with E-state index in [-0.39, 0.29) is 43.8 Å². The maximum absolute atomic E-state index is 13.7. The summed E-state index contributed by atoms with van der Waals surface area (Å²) in [6.07, 6.45) is 1.58. The minimum absolute atomic E-state index is 0.0411. The number of aliphatic hydroxyl groups is 1. The number of alkyl halides is 3. The number of thiol groups is 1. The molecule has 1 heterocycles. The third-order valence-corrected chi connectivity index (χ3v) is 7.16. The summed E-state index contributed by atoms with van der Waals surface area (Å²) in [5.41, 5.74) is -0.440. The fourth-order valence-corrected chi connectivity index (χ4v) is 4.51. The van der Waals surface area contributed by atoms with Crippen molar-refractivity contribution in [1.82, 2.24) is 0 Å². The Labute approximate surface area is 230 Å². The minimum Gasteiger partial charge on any atom is -0.458 e. The quantitative estimate of drug-likeness (QED) is 0.125. The third kappa shape index (κ3) is 10.9. The summed E-state index contributed by atoms with van der Waals surface area (Å²) >= 11 is 4.13. The molecule has 5 nitrogen and oxygen atoms in total. The van der Waals surface area contributed by atoms with Gasteiger partial charge in [-0.3, -0.25) is 14.6 Å². The number of hydrogen-bond donors (Lipinski definition) is 2. The number of esters is 1. The molecule has 0 aromatic rings. The molecule has 1 unspecified atom stereocenters.